The normalized spacial score (nSPS) is 11.7. The van der Waals surface area contributed by atoms with Crippen LogP contribution in [0.25, 0.3) is 0 Å². The number of benzene rings is 2. The lowest BCUT2D eigenvalue weighted by atomic mass is 10.1. The van der Waals surface area contributed by atoms with Crippen LogP contribution in [0.2, 0.25) is 0 Å². The Bertz CT molecular complexity index is 680. The van der Waals surface area contributed by atoms with Crippen LogP contribution in [0.1, 0.15) is 23.6 Å². The summed E-state index contributed by atoms with van der Waals surface area (Å²) in [6, 6.07) is 13.7. The maximum Gasteiger partial charge on any atom is 0.260 e. The molecule has 4 heteroatoms. The Morgan fingerprint density at radius 2 is 1.71 bits per heavy atom. The molecule has 0 aliphatic rings. The molecule has 1 atom stereocenters. The van der Waals surface area contributed by atoms with Gasteiger partial charge >= 0.3 is 0 Å². The number of aryl methyl sites for hydroxylation is 3. The van der Waals surface area contributed by atoms with E-state index in [9.17, 15) is 4.79 Å². The van der Waals surface area contributed by atoms with Gasteiger partial charge in [-0.05, 0) is 51.5 Å². The van der Waals surface area contributed by atoms with Crippen molar-refractivity contribution in [3.8, 4) is 11.5 Å². The quantitative estimate of drug-likeness (QED) is 0.791. The number of ether oxygens (including phenoxy) is 2. The monoisotopic (exact) mass is 327 g/mol. The summed E-state index contributed by atoms with van der Waals surface area (Å²) in [4.78, 5) is 12.1. The van der Waals surface area contributed by atoms with Crippen LogP contribution in [-0.2, 0) is 4.79 Å². The van der Waals surface area contributed by atoms with E-state index >= 15 is 0 Å². The van der Waals surface area contributed by atoms with Gasteiger partial charge in [0.25, 0.3) is 5.91 Å². The second kappa shape index (κ2) is 8.39. The Morgan fingerprint density at radius 3 is 2.38 bits per heavy atom. The summed E-state index contributed by atoms with van der Waals surface area (Å²) in [5.74, 6) is 1.39. The Morgan fingerprint density at radius 1 is 1.04 bits per heavy atom. The van der Waals surface area contributed by atoms with Crippen molar-refractivity contribution >= 4 is 5.91 Å². The Hall–Kier alpha value is -2.49. The van der Waals surface area contributed by atoms with Gasteiger partial charge in [-0.15, -0.1) is 0 Å². The van der Waals surface area contributed by atoms with Crippen LogP contribution in [-0.4, -0.2) is 25.2 Å². The van der Waals surface area contributed by atoms with Crippen molar-refractivity contribution in [3.05, 3.63) is 59.2 Å². The van der Waals surface area contributed by atoms with Crippen LogP contribution in [0, 0.1) is 20.8 Å². The van der Waals surface area contributed by atoms with Gasteiger partial charge in [-0.1, -0.05) is 35.4 Å². The van der Waals surface area contributed by atoms with Crippen molar-refractivity contribution in [1.29, 1.82) is 0 Å². The zero-order valence-electron chi connectivity index (χ0n) is 14.8. The third-order valence-corrected chi connectivity index (χ3v) is 3.69. The molecular formula is C20H25NO3. The van der Waals surface area contributed by atoms with Gasteiger partial charge in [0.05, 0.1) is 6.54 Å². The molecule has 0 bridgehead atoms. The minimum Gasteiger partial charge on any atom is -0.492 e. The van der Waals surface area contributed by atoms with E-state index in [0.717, 1.165) is 17.1 Å². The van der Waals surface area contributed by atoms with Gasteiger partial charge in [-0.2, -0.15) is 0 Å². The predicted octanol–water partition coefficient (Wildman–Crippen LogP) is 3.57. The molecule has 128 valence electrons. The van der Waals surface area contributed by atoms with Crippen LogP contribution in [0.4, 0.5) is 0 Å². The number of nitrogens with one attached hydrogen (secondary N) is 1. The summed E-state index contributed by atoms with van der Waals surface area (Å²) in [6.07, 6.45) is -0.550. The molecule has 0 aromatic heterocycles. The van der Waals surface area contributed by atoms with E-state index in [1.807, 2.05) is 63.2 Å². The summed E-state index contributed by atoms with van der Waals surface area (Å²) >= 11 is 0. The van der Waals surface area contributed by atoms with Crippen molar-refractivity contribution in [2.75, 3.05) is 13.2 Å². The first-order valence-electron chi connectivity index (χ1n) is 8.17. The molecule has 2 aromatic rings. The molecule has 0 saturated carbocycles. The molecule has 1 amide bonds. The first kappa shape index (κ1) is 17.9. The standard InChI is InChI=1S/C20H25NO3/c1-14-5-8-18(9-6-14)23-12-11-21-20(22)17(4)24-19-10-7-15(2)13-16(19)3/h5-10,13,17H,11-12H2,1-4H3,(H,21,22)/t17-/m0/s1. The lowest BCUT2D eigenvalue weighted by molar-refractivity contribution is -0.127. The molecule has 0 saturated heterocycles. The third kappa shape index (κ3) is 5.30. The summed E-state index contributed by atoms with van der Waals surface area (Å²) in [7, 11) is 0. The van der Waals surface area contributed by atoms with Crippen LogP contribution in [0.15, 0.2) is 42.5 Å². The third-order valence-electron chi connectivity index (χ3n) is 3.69. The van der Waals surface area contributed by atoms with Crippen molar-refractivity contribution < 1.29 is 14.3 Å². The average Bonchev–Trinajstić information content (AvgIpc) is 2.55. The predicted molar refractivity (Wildman–Crippen MR) is 95.7 cm³/mol. The number of carbonyl (C=O) groups excluding carboxylic acids is 1. The number of rotatable bonds is 7. The van der Waals surface area contributed by atoms with Crippen LogP contribution in [0.5, 0.6) is 11.5 Å². The topological polar surface area (TPSA) is 47.6 Å². The maximum atomic E-state index is 12.1. The van der Waals surface area contributed by atoms with Gasteiger partial charge in [0.1, 0.15) is 18.1 Å². The van der Waals surface area contributed by atoms with E-state index in [4.69, 9.17) is 9.47 Å². The fourth-order valence-electron chi connectivity index (χ4n) is 2.30. The van der Waals surface area contributed by atoms with Gasteiger partial charge in [-0.25, -0.2) is 0 Å². The SMILES string of the molecule is Cc1ccc(OCCNC(=O)[C@H](C)Oc2ccc(C)cc2C)cc1. The maximum absolute atomic E-state index is 12.1. The highest BCUT2D eigenvalue weighted by molar-refractivity contribution is 5.80. The minimum atomic E-state index is -0.550. The molecule has 2 rings (SSSR count). The van der Waals surface area contributed by atoms with Crippen molar-refractivity contribution in [1.82, 2.24) is 5.32 Å². The lowest BCUT2D eigenvalue weighted by Gasteiger charge is -2.16. The van der Waals surface area contributed by atoms with E-state index in [1.165, 1.54) is 11.1 Å². The fraction of sp³-hybridized carbons (Fsp3) is 0.350. The second-order valence-electron chi connectivity index (χ2n) is 5.98. The van der Waals surface area contributed by atoms with Gasteiger partial charge in [0, 0.05) is 0 Å². The largest absolute Gasteiger partial charge is 0.492 e. The van der Waals surface area contributed by atoms with Crippen molar-refractivity contribution in [3.63, 3.8) is 0 Å². The zero-order valence-corrected chi connectivity index (χ0v) is 14.8. The molecule has 0 radical (unpaired) electrons. The van der Waals surface area contributed by atoms with E-state index in [-0.39, 0.29) is 5.91 Å². The van der Waals surface area contributed by atoms with E-state index < -0.39 is 6.10 Å². The minimum absolute atomic E-state index is 0.150. The Balaban J connectivity index is 1.74. The van der Waals surface area contributed by atoms with E-state index in [2.05, 4.69) is 5.32 Å². The van der Waals surface area contributed by atoms with Gasteiger partial charge < -0.3 is 14.8 Å². The molecular weight excluding hydrogens is 302 g/mol. The van der Waals surface area contributed by atoms with Crippen molar-refractivity contribution in [2.24, 2.45) is 0 Å². The summed E-state index contributed by atoms with van der Waals surface area (Å²) < 4.78 is 11.3. The number of hydrogen-bond acceptors (Lipinski definition) is 3. The molecule has 0 fully saturated rings. The molecule has 0 spiro atoms. The molecule has 1 N–H and O–H groups in total. The highest BCUT2D eigenvalue weighted by atomic mass is 16.5. The molecule has 4 nitrogen and oxygen atoms in total. The second-order valence-corrected chi connectivity index (χ2v) is 5.98. The van der Waals surface area contributed by atoms with Crippen LogP contribution in [0.3, 0.4) is 0 Å². The highest BCUT2D eigenvalue weighted by Gasteiger charge is 2.15. The van der Waals surface area contributed by atoms with Gasteiger partial charge in [0.15, 0.2) is 6.10 Å². The molecule has 0 heterocycles. The van der Waals surface area contributed by atoms with Crippen LogP contribution >= 0.6 is 0 Å². The van der Waals surface area contributed by atoms with E-state index in [1.54, 1.807) is 6.92 Å². The molecule has 0 unspecified atom stereocenters. The average molecular weight is 327 g/mol. The zero-order chi connectivity index (χ0) is 17.5. The number of carbonyl (C=O) groups is 1. The molecule has 2 aromatic carbocycles. The van der Waals surface area contributed by atoms with E-state index in [0.29, 0.717) is 13.2 Å². The summed E-state index contributed by atoms with van der Waals surface area (Å²) in [5, 5.41) is 2.83. The summed E-state index contributed by atoms with van der Waals surface area (Å²) in [5.41, 5.74) is 3.38. The number of amides is 1. The van der Waals surface area contributed by atoms with Gasteiger partial charge in [-0.3, -0.25) is 4.79 Å². The highest BCUT2D eigenvalue weighted by Crippen LogP contribution is 2.20. The first-order chi connectivity index (χ1) is 11.5. The first-order valence-corrected chi connectivity index (χ1v) is 8.17. The molecule has 24 heavy (non-hydrogen) atoms. The van der Waals surface area contributed by atoms with Crippen LogP contribution < -0.4 is 14.8 Å². The van der Waals surface area contributed by atoms with Crippen molar-refractivity contribution in [2.45, 2.75) is 33.8 Å². The molecule has 0 aliphatic heterocycles. The fourth-order valence-corrected chi connectivity index (χ4v) is 2.30. The smallest absolute Gasteiger partial charge is 0.260 e. The van der Waals surface area contributed by atoms with Gasteiger partial charge in [0.2, 0.25) is 0 Å². The Kier molecular flexibility index (Phi) is 6.24. The Labute approximate surface area is 143 Å². The summed E-state index contributed by atoms with van der Waals surface area (Å²) in [6.45, 7) is 8.64. The lowest BCUT2D eigenvalue weighted by Crippen LogP contribution is -2.38. The molecule has 0 aliphatic carbocycles. The number of hydrogen-bond donors (Lipinski definition) is 1.